The Balaban J connectivity index is 0.000000171. The fourth-order valence-electron chi connectivity index (χ4n) is 2.72. The molecule has 0 atom stereocenters. The first-order valence-electron chi connectivity index (χ1n) is 10.1. The second kappa shape index (κ2) is 12.5. The molecule has 0 unspecified atom stereocenters. The molecule has 0 saturated heterocycles. The minimum absolute atomic E-state index is 0.730. The highest BCUT2D eigenvalue weighted by Gasteiger charge is 1.90. The van der Waals surface area contributed by atoms with Crippen molar-refractivity contribution >= 4 is 22.7 Å². The molecule has 4 heteroatoms. The van der Waals surface area contributed by atoms with Gasteiger partial charge in [0.15, 0.2) is 0 Å². The van der Waals surface area contributed by atoms with Gasteiger partial charge in [0.2, 0.25) is 0 Å². The largest absolute Gasteiger partial charge is 0.368 e. The van der Waals surface area contributed by atoms with Crippen LogP contribution in [0.15, 0.2) is 121 Å². The van der Waals surface area contributed by atoms with Gasteiger partial charge in [-0.3, -0.25) is 0 Å². The third kappa shape index (κ3) is 7.98. The summed E-state index contributed by atoms with van der Waals surface area (Å²) in [6.45, 7) is 1.46. The highest BCUT2D eigenvalue weighted by atomic mass is 15.1. The Hall–Kier alpha value is -3.92. The first-order valence-corrected chi connectivity index (χ1v) is 10.1. The average molecular weight is 397 g/mol. The number of nitrogens with one attached hydrogen (secondary N) is 4. The highest BCUT2D eigenvalue weighted by Crippen LogP contribution is 2.08. The zero-order chi connectivity index (χ0) is 20.7. The standard InChI is InChI=1S/2C13H14N2/c2*1-3-7-12(8-4-1)14-11-15-13-9-5-2-6-10-13/h2*1-10,14-15H,11H2. The van der Waals surface area contributed by atoms with Crippen LogP contribution in [-0.4, -0.2) is 13.3 Å². The van der Waals surface area contributed by atoms with E-state index in [9.17, 15) is 0 Å². The van der Waals surface area contributed by atoms with Crippen LogP contribution < -0.4 is 21.3 Å². The molecule has 0 bridgehead atoms. The molecule has 0 fully saturated rings. The second-order valence-electron chi connectivity index (χ2n) is 6.52. The van der Waals surface area contributed by atoms with Crippen molar-refractivity contribution in [3.05, 3.63) is 121 Å². The van der Waals surface area contributed by atoms with Crippen molar-refractivity contribution in [1.29, 1.82) is 0 Å². The van der Waals surface area contributed by atoms with Crippen LogP contribution in [0.3, 0.4) is 0 Å². The average Bonchev–Trinajstić information content (AvgIpc) is 2.82. The van der Waals surface area contributed by atoms with Crippen LogP contribution in [0.25, 0.3) is 0 Å². The predicted molar refractivity (Wildman–Crippen MR) is 130 cm³/mol. The van der Waals surface area contributed by atoms with E-state index in [1.165, 1.54) is 0 Å². The molecule has 0 spiro atoms. The molecule has 0 radical (unpaired) electrons. The van der Waals surface area contributed by atoms with Crippen molar-refractivity contribution in [3.8, 4) is 0 Å². The molecule has 0 saturated carbocycles. The van der Waals surface area contributed by atoms with Crippen molar-refractivity contribution in [2.75, 3.05) is 34.6 Å². The quantitative estimate of drug-likeness (QED) is 0.263. The van der Waals surface area contributed by atoms with E-state index in [0.29, 0.717) is 0 Å². The lowest BCUT2D eigenvalue weighted by molar-refractivity contribution is 1.22. The number of hydrogen-bond acceptors (Lipinski definition) is 4. The van der Waals surface area contributed by atoms with Gasteiger partial charge in [0.05, 0.1) is 13.3 Å². The zero-order valence-electron chi connectivity index (χ0n) is 17.0. The van der Waals surface area contributed by atoms with Gasteiger partial charge >= 0.3 is 0 Å². The minimum Gasteiger partial charge on any atom is -0.368 e. The molecule has 30 heavy (non-hydrogen) atoms. The first-order chi connectivity index (χ1) is 14.9. The van der Waals surface area contributed by atoms with E-state index in [1.807, 2.05) is 121 Å². The molecule has 4 aromatic rings. The van der Waals surface area contributed by atoms with Crippen LogP contribution in [0.4, 0.5) is 22.7 Å². The van der Waals surface area contributed by atoms with E-state index in [0.717, 1.165) is 36.1 Å². The van der Waals surface area contributed by atoms with Gasteiger partial charge in [-0.15, -0.1) is 0 Å². The van der Waals surface area contributed by atoms with Crippen LogP contribution in [0.5, 0.6) is 0 Å². The van der Waals surface area contributed by atoms with Crippen molar-refractivity contribution in [2.24, 2.45) is 0 Å². The fraction of sp³-hybridized carbons (Fsp3) is 0.0769. The lowest BCUT2D eigenvalue weighted by Crippen LogP contribution is -2.11. The minimum atomic E-state index is 0.730. The number of hydrogen-bond donors (Lipinski definition) is 4. The normalized spacial score (nSPS) is 9.60. The smallest absolute Gasteiger partial charge is 0.0849 e. The molecule has 4 aromatic carbocycles. The van der Waals surface area contributed by atoms with Crippen molar-refractivity contribution in [3.63, 3.8) is 0 Å². The Morgan fingerprint density at radius 3 is 0.700 bits per heavy atom. The Labute approximate surface area is 179 Å². The van der Waals surface area contributed by atoms with Gasteiger partial charge in [-0.25, -0.2) is 0 Å². The van der Waals surface area contributed by atoms with Crippen molar-refractivity contribution < 1.29 is 0 Å². The van der Waals surface area contributed by atoms with Gasteiger partial charge in [0.25, 0.3) is 0 Å². The van der Waals surface area contributed by atoms with Crippen LogP contribution in [0.2, 0.25) is 0 Å². The summed E-state index contributed by atoms with van der Waals surface area (Å²) in [6, 6.07) is 40.6. The molecule has 0 heterocycles. The molecule has 0 aliphatic carbocycles. The lowest BCUT2D eigenvalue weighted by atomic mass is 10.3. The third-order valence-electron chi connectivity index (χ3n) is 4.27. The molecule has 4 nitrogen and oxygen atoms in total. The van der Waals surface area contributed by atoms with Crippen LogP contribution in [0, 0.1) is 0 Å². The topological polar surface area (TPSA) is 48.1 Å². The maximum atomic E-state index is 3.28. The summed E-state index contributed by atoms with van der Waals surface area (Å²) in [7, 11) is 0. The van der Waals surface area contributed by atoms with Gasteiger partial charge in [-0.05, 0) is 48.5 Å². The van der Waals surface area contributed by atoms with Crippen LogP contribution in [0.1, 0.15) is 0 Å². The highest BCUT2D eigenvalue weighted by molar-refractivity contribution is 5.48. The number of para-hydroxylation sites is 4. The maximum absolute atomic E-state index is 3.28. The number of rotatable bonds is 8. The molecule has 4 rings (SSSR count). The van der Waals surface area contributed by atoms with E-state index in [4.69, 9.17) is 0 Å². The summed E-state index contributed by atoms with van der Waals surface area (Å²) >= 11 is 0. The second-order valence-corrected chi connectivity index (χ2v) is 6.52. The van der Waals surface area contributed by atoms with Crippen molar-refractivity contribution in [2.45, 2.75) is 0 Å². The van der Waals surface area contributed by atoms with Gasteiger partial charge < -0.3 is 21.3 Å². The zero-order valence-corrected chi connectivity index (χ0v) is 17.0. The SMILES string of the molecule is c1ccc(NCNc2ccccc2)cc1.c1ccc(NCNc2ccccc2)cc1. The maximum Gasteiger partial charge on any atom is 0.0849 e. The summed E-state index contributed by atoms with van der Waals surface area (Å²) in [5, 5.41) is 13.1. The predicted octanol–water partition coefficient (Wildman–Crippen LogP) is 6.34. The molecule has 0 aromatic heterocycles. The van der Waals surface area contributed by atoms with E-state index < -0.39 is 0 Å². The molecular formula is C26H28N4. The summed E-state index contributed by atoms with van der Waals surface area (Å²) in [4.78, 5) is 0. The van der Waals surface area contributed by atoms with E-state index in [1.54, 1.807) is 0 Å². The van der Waals surface area contributed by atoms with Crippen LogP contribution >= 0.6 is 0 Å². The number of benzene rings is 4. The van der Waals surface area contributed by atoms with E-state index in [2.05, 4.69) is 21.3 Å². The Kier molecular flexibility index (Phi) is 8.68. The van der Waals surface area contributed by atoms with E-state index in [-0.39, 0.29) is 0 Å². The van der Waals surface area contributed by atoms with Crippen molar-refractivity contribution in [1.82, 2.24) is 0 Å². The Morgan fingerprint density at radius 1 is 0.300 bits per heavy atom. The molecule has 0 aliphatic rings. The Morgan fingerprint density at radius 2 is 0.500 bits per heavy atom. The summed E-state index contributed by atoms with van der Waals surface area (Å²) in [5.74, 6) is 0. The summed E-state index contributed by atoms with van der Waals surface area (Å²) in [6.07, 6.45) is 0. The molecule has 152 valence electrons. The van der Waals surface area contributed by atoms with E-state index >= 15 is 0 Å². The third-order valence-corrected chi connectivity index (χ3v) is 4.27. The van der Waals surface area contributed by atoms with Gasteiger partial charge in [0, 0.05) is 22.7 Å². The molecule has 0 amide bonds. The fourth-order valence-corrected chi connectivity index (χ4v) is 2.72. The Bertz CT molecular complexity index is 770. The first kappa shape index (κ1) is 20.8. The summed E-state index contributed by atoms with van der Waals surface area (Å²) < 4.78 is 0. The monoisotopic (exact) mass is 396 g/mol. The summed E-state index contributed by atoms with van der Waals surface area (Å²) in [5.41, 5.74) is 4.50. The lowest BCUT2D eigenvalue weighted by Gasteiger charge is -2.08. The van der Waals surface area contributed by atoms with Gasteiger partial charge in [0.1, 0.15) is 0 Å². The van der Waals surface area contributed by atoms with Crippen LogP contribution in [-0.2, 0) is 0 Å². The molecule has 4 N–H and O–H groups in total. The number of anilines is 4. The van der Waals surface area contributed by atoms with Gasteiger partial charge in [-0.2, -0.15) is 0 Å². The van der Waals surface area contributed by atoms with Gasteiger partial charge in [-0.1, -0.05) is 72.8 Å². The molecular weight excluding hydrogens is 368 g/mol. The molecule has 0 aliphatic heterocycles.